The lowest BCUT2D eigenvalue weighted by atomic mass is 9.95. The minimum Gasteiger partial charge on any atom is -0.307 e. The van der Waals surface area contributed by atoms with Crippen LogP contribution in [0.1, 0.15) is 20.3 Å². The lowest BCUT2D eigenvalue weighted by Gasteiger charge is -2.34. The van der Waals surface area contributed by atoms with Gasteiger partial charge in [-0.25, -0.2) is 0 Å². The predicted molar refractivity (Wildman–Crippen MR) is 85.7 cm³/mol. The largest absolute Gasteiger partial charge is 0.307 e. The Kier molecular flexibility index (Phi) is 6.20. The SMILES string of the molecule is CNCN1CCSCC(C2=CCCN(C(C)C)C2)C1. The van der Waals surface area contributed by atoms with Crippen LogP contribution in [-0.2, 0) is 0 Å². The van der Waals surface area contributed by atoms with E-state index in [0.29, 0.717) is 6.04 Å². The minimum absolute atomic E-state index is 0.676. The van der Waals surface area contributed by atoms with Gasteiger partial charge in [-0.15, -0.1) is 0 Å². The molecule has 3 nitrogen and oxygen atoms in total. The van der Waals surface area contributed by atoms with Gasteiger partial charge in [0.2, 0.25) is 0 Å². The molecule has 2 aliphatic rings. The second kappa shape index (κ2) is 7.67. The average Bonchev–Trinajstić information content (AvgIpc) is 2.65. The molecule has 0 aromatic heterocycles. The third-order valence-electron chi connectivity index (χ3n) is 4.19. The van der Waals surface area contributed by atoms with Crippen molar-refractivity contribution in [2.75, 3.05) is 51.4 Å². The fourth-order valence-corrected chi connectivity index (χ4v) is 4.15. The van der Waals surface area contributed by atoms with Gasteiger partial charge in [-0.1, -0.05) is 11.6 Å². The summed E-state index contributed by atoms with van der Waals surface area (Å²) in [5.41, 5.74) is 1.69. The molecule has 0 amide bonds. The van der Waals surface area contributed by atoms with Crippen LogP contribution in [0.3, 0.4) is 0 Å². The summed E-state index contributed by atoms with van der Waals surface area (Å²) in [6, 6.07) is 0.676. The molecule has 0 aliphatic carbocycles. The first-order chi connectivity index (χ1) is 9.20. The second-order valence-corrected chi connectivity index (χ2v) is 7.14. The van der Waals surface area contributed by atoms with E-state index >= 15 is 0 Å². The Morgan fingerprint density at radius 1 is 1.42 bits per heavy atom. The molecule has 0 aromatic rings. The van der Waals surface area contributed by atoms with Crippen molar-refractivity contribution < 1.29 is 0 Å². The summed E-state index contributed by atoms with van der Waals surface area (Å²) >= 11 is 2.13. The second-order valence-electron chi connectivity index (χ2n) is 5.99. The molecule has 4 heteroatoms. The Labute approximate surface area is 122 Å². The van der Waals surface area contributed by atoms with Gasteiger partial charge in [-0.3, -0.25) is 9.80 Å². The molecule has 1 saturated heterocycles. The number of nitrogens with one attached hydrogen (secondary N) is 1. The minimum atomic E-state index is 0.676. The normalized spacial score (nSPS) is 27.4. The van der Waals surface area contributed by atoms with Crippen molar-refractivity contribution in [3.8, 4) is 0 Å². The zero-order chi connectivity index (χ0) is 13.7. The van der Waals surface area contributed by atoms with Crippen molar-refractivity contribution in [3.63, 3.8) is 0 Å². The first-order valence-electron chi connectivity index (χ1n) is 7.58. The molecule has 0 aromatic carbocycles. The van der Waals surface area contributed by atoms with Crippen LogP contribution in [-0.4, -0.2) is 67.2 Å². The van der Waals surface area contributed by atoms with Crippen molar-refractivity contribution in [2.45, 2.75) is 26.3 Å². The Morgan fingerprint density at radius 2 is 2.26 bits per heavy atom. The molecular formula is C15H29N3S. The Bertz CT molecular complexity index is 304. The van der Waals surface area contributed by atoms with Crippen LogP contribution in [0.15, 0.2) is 11.6 Å². The maximum Gasteiger partial charge on any atom is 0.0478 e. The number of hydrogen-bond donors (Lipinski definition) is 1. The summed E-state index contributed by atoms with van der Waals surface area (Å²) in [4.78, 5) is 5.19. The fourth-order valence-electron chi connectivity index (χ4n) is 3.00. The lowest BCUT2D eigenvalue weighted by molar-refractivity contribution is 0.213. The van der Waals surface area contributed by atoms with E-state index in [1.54, 1.807) is 5.57 Å². The molecule has 0 radical (unpaired) electrons. The topological polar surface area (TPSA) is 18.5 Å². The van der Waals surface area contributed by atoms with Crippen LogP contribution in [0.4, 0.5) is 0 Å². The first-order valence-corrected chi connectivity index (χ1v) is 8.74. The third-order valence-corrected chi connectivity index (χ3v) is 5.30. The van der Waals surface area contributed by atoms with Crippen LogP contribution >= 0.6 is 11.8 Å². The van der Waals surface area contributed by atoms with Gasteiger partial charge in [-0.2, -0.15) is 11.8 Å². The maximum atomic E-state index is 3.30. The fraction of sp³-hybridized carbons (Fsp3) is 0.867. The standard InChI is InChI=1S/C15H29N3S/c1-13(2)18-6-4-5-14(10-18)15-9-17(12-16-3)7-8-19-11-15/h5,13,15-16H,4,6-12H2,1-3H3. The van der Waals surface area contributed by atoms with Gasteiger partial charge in [0.05, 0.1) is 0 Å². The highest BCUT2D eigenvalue weighted by Crippen LogP contribution is 2.26. The quantitative estimate of drug-likeness (QED) is 0.794. The monoisotopic (exact) mass is 283 g/mol. The van der Waals surface area contributed by atoms with Gasteiger partial charge in [0.1, 0.15) is 0 Å². The summed E-state index contributed by atoms with van der Waals surface area (Å²) in [6.45, 7) is 10.5. The molecule has 0 bridgehead atoms. The zero-order valence-corrected chi connectivity index (χ0v) is 13.5. The van der Waals surface area contributed by atoms with E-state index in [1.165, 1.54) is 44.1 Å². The van der Waals surface area contributed by atoms with Gasteiger partial charge >= 0.3 is 0 Å². The van der Waals surface area contributed by atoms with Crippen molar-refractivity contribution in [3.05, 3.63) is 11.6 Å². The van der Waals surface area contributed by atoms with Crippen molar-refractivity contribution in [1.29, 1.82) is 0 Å². The molecule has 2 rings (SSSR count). The molecule has 0 saturated carbocycles. The van der Waals surface area contributed by atoms with Gasteiger partial charge < -0.3 is 5.32 Å². The summed E-state index contributed by atoms with van der Waals surface area (Å²) < 4.78 is 0. The highest BCUT2D eigenvalue weighted by atomic mass is 32.2. The highest BCUT2D eigenvalue weighted by Gasteiger charge is 2.25. The summed E-state index contributed by atoms with van der Waals surface area (Å²) in [7, 11) is 2.05. The van der Waals surface area contributed by atoms with E-state index in [9.17, 15) is 0 Å². The lowest BCUT2D eigenvalue weighted by Crippen LogP contribution is -2.41. The molecule has 1 unspecified atom stereocenters. The first kappa shape index (κ1) is 15.4. The van der Waals surface area contributed by atoms with Crippen LogP contribution in [0, 0.1) is 5.92 Å². The third kappa shape index (κ3) is 4.48. The van der Waals surface area contributed by atoms with E-state index in [1.807, 2.05) is 7.05 Å². The predicted octanol–water partition coefficient (Wildman–Crippen LogP) is 1.87. The molecule has 0 spiro atoms. The molecule has 1 atom stereocenters. The number of hydrogen-bond acceptors (Lipinski definition) is 4. The Balaban J connectivity index is 1.97. The number of rotatable bonds is 4. The van der Waals surface area contributed by atoms with Crippen molar-refractivity contribution in [1.82, 2.24) is 15.1 Å². The van der Waals surface area contributed by atoms with Gasteiger partial charge in [0.25, 0.3) is 0 Å². The van der Waals surface area contributed by atoms with E-state index in [-0.39, 0.29) is 0 Å². The van der Waals surface area contributed by atoms with Gasteiger partial charge in [-0.05, 0) is 27.3 Å². The van der Waals surface area contributed by atoms with Crippen molar-refractivity contribution >= 4 is 11.8 Å². The molecule has 19 heavy (non-hydrogen) atoms. The van der Waals surface area contributed by atoms with Crippen LogP contribution in [0.25, 0.3) is 0 Å². The highest BCUT2D eigenvalue weighted by molar-refractivity contribution is 7.99. The summed E-state index contributed by atoms with van der Waals surface area (Å²) in [6.07, 6.45) is 3.76. The van der Waals surface area contributed by atoms with E-state index in [0.717, 1.165) is 12.6 Å². The van der Waals surface area contributed by atoms with E-state index in [4.69, 9.17) is 0 Å². The van der Waals surface area contributed by atoms with Crippen molar-refractivity contribution in [2.24, 2.45) is 5.92 Å². The Morgan fingerprint density at radius 3 is 3.00 bits per heavy atom. The molecular weight excluding hydrogens is 254 g/mol. The van der Waals surface area contributed by atoms with E-state index < -0.39 is 0 Å². The van der Waals surface area contributed by atoms with Crippen LogP contribution < -0.4 is 5.32 Å². The number of nitrogens with zero attached hydrogens (tertiary/aromatic N) is 2. The Hall–Kier alpha value is -0.0300. The van der Waals surface area contributed by atoms with Crippen LogP contribution in [0.2, 0.25) is 0 Å². The number of thioether (sulfide) groups is 1. The van der Waals surface area contributed by atoms with Crippen LogP contribution in [0.5, 0.6) is 0 Å². The average molecular weight is 283 g/mol. The summed E-state index contributed by atoms with van der Waals surface area (Å²) in [5.74, 6) is 3.33. The van der Waals surface area contributed by atoms with Gasteiger partial charge in [0.15, 0.2) is 0 Å². The smallest absolute Gasteiger partial charge is 0.0478 e. The molecule has 2 aliphatic heterocycles. The molecule has 110 valence electrons. The molecule has 1 fully saturated rings. The maximum absolute atomic E-state index is 3.30. The molecule has 1 N–H and O–H groups in total. The van der Waals surface area contributed by atoms with E-state index in [2.05, 4.69) is 46.8 Å². The van der Waals surface area contributed by atoms with Gasteiger partial charge in [0, 0.05) is 56.3 Å². The summed E-state index contributed by atoms with van der Waals surface area (Å²) in [5, 5.41) is 3.30. The zero-order valence-electron chi connectivity index (χ0n) is 12.7. The molecule has 2 heterocycles.